The van der Waals surface area contributed by atoms with Gasteiger partial charge in [-0.15, -0.1) is 0 Å². The number of unbranched alkanes of at least 4 members (excludes halogenated alkanes) is 1. The molecule has 7 heteroatoms. The van der Waals surface area contributed by atoms with E-state index in [9.17, 15) is 9.59 Å². The van der Waals surface area contributed by atoms with Crippen LogP contribution in [-0.2, 0) is 0 Å². The Morgan fingerprint density at radius 2 is 1.85 bits per heavy atom. The molecule has 2 aromatic rings. The number of carbonyl (C=O) groups excluding carboxylic acids is 2. The number of amides is 2. The molecule has 144 valence electrons. The van der Waals surface area contributed by atoms with Crippen molar-refractivity contribution in [2.45, 2.75) is 19.8 Å². The molecule has 0 saturated carbocycles. The van der Waals surface area contributed by atoms with E-state index in [2.05, 4.69) is 17.2 Å². The predicted octanol–water partition coefficient (Wildman–Crippen LogP) is 3.22. The smallest absolute Gasteiger partial charge is 0.272 e. The van der Waals surface area contributed by atoms with E-state index in [4.69, 9.17) is 9.47 Å². The predicted molar refractivity (Wildman–Crippen MR) is 104 cm³/mol. The molecule has 1 aromatic carbocycles. The SMILES string of the molecule is CCCCN(C)C(=O)c1cc(C(=O)Nc2ccc(OC)c(OC)c2)ccn1. The van der Waals surface area contributed by atoms with Gasteiger partial charge in [0.05, 0.1) is 14.2 Å². The minimum Gasteiger partial charge on any atom is -0.493 e. The van der Waals surface area contributed by atoms with Crippen LogP contribution in [0.4, 0.5) is 5.69 Å². The van der Waals surface area contributed by atoms with Crippen LogP contribution in [0, 0.1) is 0 Å². The van der Waals surface area contributed by atoms with Crippen LogP contribution in [0.25, 0.3) is 0 Å². The van der Waals surface area contributed by atoms with E-state index in [0.717, 1.165) is 12.8 Å². The molecule has 0 fully saturated rings. The van der Waals surface area contributed by atoms with E-state index >= 15 is 0 Å². The maximum atomic E-state index is 12.5. The first-order chi connectivity index (χ1) is 13.0. The third-order valence-corrected chi connectivity index (χ3v) is 4.08. The highest BCUT2D eigenvalue weighted by molar-refractivity contribution is 6.05. The summed E-state index contributed by atoms with van der Waals surface area (Å²) in [5.41, 5.74) is 1.16. The summed E-state index contributed by atoms with van der Waals surface area (Å²) in [6, 6.07) is 8.16. The number of rotatable bonds is 8. The summed E-state index contributed by atoms with van der Waals surface area (Å²) in [7, 11) is 4.80. The summed E-state index contributed by atoms with van der Waals surface area (Å²) < 4.78 is 10.4. The highest BCUT2D eigenvalue weighted by Crippen LogP contribution is 2.29. The van der Waals surface area contributed by atoms with Gasteiger partial charge < -0.3 is 19.7 Å². The third-order valence-electron chi connectivity index (χ3n) is 4.08. The van der Waals surface area contributed by atoms with Crippen molar-refractivity contribution in [2.75, 3.05) is 33.1 Å². The zero-order valence-electron chi connectivity index (χ0n) is 16.1. The quantitative estimate of drug-likeness (QED) is 0.771. The summed E-state index contributed by atoms with van der Waals surface area (Å²) in [6.07, 6.45) is 3.38. The Hall–Kier alpha value is -3.09. The fourth-order valence-electron chi connectivity index (χ4n) is 2.50. The Bertz CT molecular complexity index is 808. The Morgan fingerprint density at radius 3 is 2.52 bits per heavy atom. The second kappa shape index (κ2) is 9.56. The molecule has 0 aliphatic carbocycles. The molecule has 7 nitrogen and oxygen atoms in total. The number of hydrogen-bond donors (Lipinski definition) is 1. The highest BCUT2D eigenvalue weighted by Gasteiger charge is 2.16. The average molecular weight is 371 g/mol. The van der Waals surface area contributed by atoms with Crippen LogP contribution in [0.15, 0.2) is 36.5 Å². The number of benzene rings is 1. The van der Waals surface area contributed by atoms with Gasteiger partial charge in [-0.3, -0.25) is 14.6 Å². The van der Waals surface area contributed by atoms with Gasteiger partial charge in [0, 0.05) is 37.1 Å². The lowest BCUT2D eigenvalue weighted by atomic mass is 10.2. The zero-order valence-corrected chi connectivity index (χ0v) is 16.1. The normalized spacial score (nSPS) is 10.2. The summed E-state index contributed by atoms with van der Waals surface area (Å²) in [5, 5.41) is 2.79. The van der Waals surface area contributed by atoms with Gasteiger partial charge in [-0.05, 0) is 30.7 Å². The van der Waals surface area contributed by atoms with E-state index < -0.39 is 0 Å². The minimum absolute atomic E-state index is 0.204. The maximum absolute atomic E-state index is 12.5. The molecule has 0 atom stereocenters. The van der Waals surface area contributed by atoms with E-state index in [1.807, 2.05) is 0 Å². The highest BCUT2D eigenvalue weighted by atomic mass is 16.5. The molecule has 0 aliphatic heterocycles. The number of nitrogens with one attached hydrogen (secondary N) is 1. The van der Waals surface area contributed by atoms with E-state index in [1.54, 1.807) is 43.3 Å². The number of pyridine rings is 1. The van der Waals surface area contributed by atoms with Gasteiger partial charge in [-0.25, -0.2) is 0 Å². The van der Waals surface area contributed by atoms with Crippen molar-refractivity contribution in [3.8, 4) is 11.5 Å². The number of anilines is 1. The van der Waals surface area contributed by atoms with Crippen LogP contribution in [0.1, 0.15) is 40.6 Å². The molecule has 0 saturated heterocycles. The number of nitrogens with zero attached hydrogens (tertiary/aromatic N) is 2. The molecule has 0 bridgehead atoms. The Morgan fingerprint density at radius 1 is 1.11 bits per heavy atom. The van der Waals surface area contributed by atoms with Crippen LogP contribution < -0.4 is 14.8 Å². The largest absolute Gasteiger partial charge is 0.493 e. The lowest BCUT2D eigenvalue weighted by Crippen LogP contribution is -2.28. The van der Waals surface area contributed by atoms with Gasteiger partial charge in [0.25, 0.3) is 11.8 Å². The number of carbonyl (C=O) groups is 2. The van der Waals surface area contributed by atoms with Gasteiger partial charge in [-0.2, -0.15) is 0 Å². The van der Waals surface area contributed by atoms with Gasteiger partial charge in [0.15, 0.2) is 11.5 Å². The first-order valence-electron chi connectivity index (χ1n) is 8.75. The van der Waals surface area contributed by atoms with Gasteiger partial charge in [-0.1, -0.05) is 13.3 Å². The first-order valence-corrected chi connectivity index (χ1v) is 8.75. The van der Waals surface area contributed by atoms with Gasteiger partial charge >= 0.3 is 0 Å². The first kappa shape index (κ1) is 20.2. The van der Waals surface area contributed by atoms with Crippen LogP contribution >= 0.6 is 0 Å². The lowest BCUT2D eigenvalue weighted by Gasteiger charge is -2.16. The molecule has 0 spiro atoms. The maximum Gasteiger partial charge on any atom is 0.272 e. The van der Waals surface area contributed by atoms with Gasteiger partial charge in [0.1, 0.15) is 5.69 Å². The molecule has 0 unspecified atom stereocenters. The molecular weight excluding hydrogens is 346 g/mol. The fraction of sp³-hybridized carbons (Fsp3) is 0.350. The zero-order chi connectivity index (χ0) is 19.8. The fourth-order valence-corrected chi connectivity index (χ4v) is 2.50. The molecule has 1 aromatic heterocycles. The molecule has 0 aliphatic rings. The van der Waals surface area contributed by atoms with E-state index in [0.29, 0.717) is 29.3 Å². The van der Waals surface area contributed by atoms with Crippen LogP contribution in [0.2, 0.25) is 0 Å². The van der Waals surface area contributed by atoms with Crippen LogP contribution in [0.5, 0.6) is 11.5 Å². The van der Waals surface area contributed by atoms with Crippen molar-refractivity contribution in [3.05, 3.63) is 47.8 Å². The number of methoxy groups -OCH3 is 2. The standard InChI is InChI=1S/C20H25N3O4/c1-5-6-11-23(2)20(25)16-12-14(9-10-21-16)19(24)22-15-7-8-17(26-3)18(13-15)27-4/h7-10,12-13H,5-6,11H2,1-4H3,(H,22,24). The third kappa shape index (κ3) is 5.20. The molecule has 2 amide bonds. The molecule has 2 rings (SSSR count). The summed E-state index contributed by atoms with van der Waals surface area (Å²) in [5.74, 6) is 0.542. The second-order valence-corrected chi connectivity index (χ2v) is 6.03. The summed E-state index contributed by atoms with van der Waals surface area (Å²) >= 11 is 0. The van der Waals surface area contributed by atoms with Crippen molar-refractivity contribution in [1.82, 2.24) is 9.88 Å². The lowest BCUT2D eigenvalue weighted by molar-refractivity contribution is 0.0787. The minimum atomic E-state index is -0.338. The number of ether oxygens (including phenoxy) is 2. The Kier molecular flexibility index (Phi) is 7.16. The summed E-state index contributed by atoms with van der Waals surface area (Å²) in [6.45, 7) is 2.72. The molecular formula is C20H25N3O4. The number of hydrogen-bond acceptors (Lipinski definition) is 5. The average Bonchev–Trinajstić information content (AvgIpc) is 2.71. The molecule has 1 heterocycles. The van der Waals surface area contributed by atoms with Gasteiger partial charge in [0.2, 0.25) is 0 Å². The van der Waals surface area contributed by atoms with Crippen molar-refractivity contribution < 1.29 is 19.1 Å². The van der Waals surface area contributed by atoms with Crippen LogP contribution in [-0.4, -0.2) is 49.5 Å². The molecule has 1 N–H and O–H groups in total. The van der Waals surface area contributed by atoms with Crippen LogP contribution in [0.3, 0.4) is 0 Å². The topological polar surface area (TPSA) is 80.8 Å². The second-order valence-electron chi connectivity index (χ2n) is 6.03. The van der Waals surface area contributed by atoms with Crippen molar-refractivity contribution in [2.24, 2.45) is 0 Å². The monoisotopic (exact) mass is 371 g/mol. The Labute approximate surface area is 159 Å². The molecule has 27 heavy (non-hydrogen) atoms. The summed E-state index contributed by atoms with van der Waals surface area (Å²) in [4.78, 5) is 30.7. The molecule has 0 radical (unpaired) electrons. The van der Waals surface area contributed by atoms with Crippen molar-refractivity contribution in [3.63, 3.8) is 0 Å². The Balaban J connectivity index is 2.14. The van der Waals surface area contributed by atoms with E-state index in [1.165, 1.54) is 19.4 Å². The van der Waals surface area contributed by atoms with Crippen molar-refractivity contribution in [1.29, 1.82) is 0 Å². The van der Waals surface area contributed by atoms with E-state index in [-0.39, 0.29) is 17.5 Å². The number of aromatic nitrogens is 1. The van der Waals surface area contributed by atoms with Crippen molar-refractivity contribution >= 4 is 17.5 Å².